The topological polar surface area (TPSA) is 13.1 Å². The van der Waals surface area contributed by atoms with Crippen LogP contribution < -0.4 is 9.57 Å². The van der Waals surface area contributed by atoms with Crippen LogP contribution >= 0.6 is 15.9 Å². The number of halogens is 1. The van der Waals surface area contributed by atoms with Crippen molar-refractivity contribution in [1.29, 1.82) is 0 Å². The van der Waals surface area contributed by atoms with E-state index in [9.17, 15) is 0 Å². The lowest BCUT2D eigenvalue weighted by molar-refractivity contribution is -0.891. The molecule has 0 radical (unpaired) electrons. The Morgan fingerprint density at radius 2 is 2.10 bits per heavy atom. The van der Waals surface area contributed by atoms with Gasteiger partial charge in [-0.2, -0.15) is 0 Å². The normalized spacial score (nSPS) is 9.40. The number of pyridine rings is 1. The van der Waals surface area contributed by atoms with Gasteiger partial charge in [0.05, 0.1) is 0 Å². The van der Waals surface area contributed by atoms with Crippen LogP contribution in [0.1, 0.15) is 6.92 Å². The lowest BCUT2D eigenvalue weighted by Gasteiger charge is -1.91. The van der Waals surface area contributed by atoms with Gasteiger partial charge in [0, 0.05) is 21.3 Å². The van der Waals surface area contributed by atoms with Crippen LogP contribution in [0.5, 0.6) is 0 Å². The minimum atomic E-state index is 0.687. The van der Waals surface area contributed by atoms with E-state index in [0.29, 0.717) is 6.61 Å². The van der Waals surface area contributed by atoms with Crippen molar-refractivity contribution in [3.63, 3.8) is 0 Å². The molecule has 0 atom stereocenters. The van der Waals surface area contributed by atoms with Gasteiger partial charge < -0.3 is 0 Å². The summed E-state index contributed by atoms with van der Waals surface area (Å²) in [5, 5.41) is 0. The van der Waals surface area contributed by atoms with E-state index in [4.69, 9.17) is 4.84 Å². The lowest BCUT2D eigenvalue weighted by atomic mass is 10.5. The summed E-state index contributed by atoms with van der Waals surface area (Å²) in [4.78, 5) is 5.16. The summed E-state index contributed by atoms with van der Waals surface area (Å²) in [6.07, 6.45) is 3.71. The van der Waals surface area contributed by atoms with Gasteiger partial charge in [0.2, 0.25) is 12.4 Å². The third-order valence-electron chi connectivity index (χ3n) is 1.04. The number of aromatic nitrogens is 1. The molecule has 0 aromatic carbocycles. The fourth-order valence-electron chi connectivity index (χ4n) is 0.630. The molecular weight excluding hydrogens is 194 g/mol. The maximum absolute atomic E-state index is 5.16. The highest BCUT2D eigenvalue weighted by Gasteiger charge is 1.96. The summed E-state index contributed by atoms with van der Waals surface area (Å²) in [6.45, 7) is 2.64. The summed E-state index contributed by atoms with van der Waals surface area (Å²) < 4.78 is 2.73. The predicted octanol–water partition coefficient (Wildman–Crippen LogP) is 1.19. The number of nitrogens with zero attached hydrogens (tertiary/aromatic N) is 1. The first-order valence-corrected chi connectivity index (χ1v) is 3.92. The first-order valence-electron chi connectivity index (χ1n) is 3.13. The third-order valence-corrected chi connectivity index (χ3v) is 1.57. The molecule has 0 amide bonds. The van der Waals surface area contributed by atoms with Crippen molar-refractivity contribution < 1.29 is 9.57 Å². The van der Waals surface area contributed by atoms with E-state index in [1.165, 1.54) is 0 Å². The highest BCUT2D eigenvalue weighted by Crippen LogP contribution is 2.03. The standard InChI is InChI=1S/C7H9BrNO/c1-2-10-9-5-3-7(8)4-6-9/h3-6H,2H2,1H3/q+1. The minimum Gasteiger partial charge on any atom is -0.272 e. The predicted molar refractivity (Wildman–Crippen MR) is 41.5 cm³/mol. The summed E-state index contributed by atoms with van der Waals surface area (Å²) in [7, 11) is 0. The molecular formula is C7H9BrNO+. The van der Waals surface area contributed by atoms with Crippen LogP contribution in [-0.4, -0.2) is 6.61 Å². The van der Waals surface area contributed by atoms with Gasteiger partial charge in [-0.25, -0.2) is 0 Å². The maximum Gasteiger partial charge on any atom is 0.223 e. The number of hydrogen-bond acceptors (Lipinski definition) is 1. The molecule has 0 saturated carbocycles. The van der Waals surface area contributed by atoms with Gasteiger partial charge in [-0.3, -0.25) is 4.84 Å². The Labute approximate surface area is 68.5 Å². The fraction of sp³-hybridized carbons (Fsp3) is 0.286. The molecule has 10 heavy (non-hydrogen) atoms. The Hall–Kier alpha value is -0.570. The zero-order chi connectivity index (χ0) is 7.40. The van der Waals surface area contributed by atoms with E-state index in [1.54, 1.807) is 4.73 Å². The van der Waals surface area contributed by atoms with E-state index in [1.807, 2.05) is 31.5 Å². The SMILES string of the molecule is CCO[n+]1ccc(Br)cc1. The molecule has 0 bridgehead atoms. The molecule has 0 N–H and O–H groups in total. The monoisotopic (exact) mass is 202 g/mol. The summed E-state index contributed by atoms with van der Waals surface area (Å²) in [5.74, 6) is 0. The van der Waals surface area contributed by atoms with E-state index in [2.05, 4.69) is 15.9 Å². The Bertz CT molecular complexity index is 197. The molecule has 1 aromatic heterocycles. The summed E-state index contributed by atoms with van der Waals surface area (Å²) in [5.41, 5.74) is 0. The molecule has 0 aliphatic rings. The zero-order valence-electron chi connectivity index (χ0n) is 5.75. The first kappa shape index (κ1) is 7.54. The van der Waals surface area contributed by atoms with Crippen molar-refractivity contribution in [3.8, 4) is 0 Å². The van der Waals surface area contributed by atoms with Crippen molar-refractivity contribution in [2.24, 2.45) is 0 Å². The van der Waals surface area contributed by atoms with Crippen molar-refractivity contribution >= 4 is 15.9 Å². The fourth-order valence-corrected chi connectivity index (χ4v) is 0.866. The molecule has 1 rings (SSSR count). The van der Waals surface area contributed by atoms with Crippen LogP contribution in [0.3, 0.4) is 0 Å². The molecule has 54 valence electrons. The Balaban J connectivity index is 2.69. The van der Waals surface area contributed by atoms with Gasteiger partial charge in [0.1, 0.15) is 0 Å². The van der Waals surface area contributed by atoms with E-state index in [0.717, 1.165) is 4.47 Å². The minimum absolute atomic E-state index is 0.687. The van der Waals surface area contributed by atoms with Crippen LogP contribution in [0.2, 0.25) is 0 Å². The second kappa shape index (κ2) is 3.56. The van der Waals surface area contributed by atoms with Crippen molar-refractivity contribution in [1.82, 2.24) is 0 Å². The maximum atomic E-state index is 5.16. The number of hydrogen-bond donors (Lipinski definition) is 0. The summed E-state index contributed by atoms with van der Waals surface area (Å²) in [6, 6.07) is 3.85. The largest absolute Gasteiger partial charge is 0.272 e. The van der Waals surface area contributed by atoms with Gasteiger partial charge >= 0.3 is 0 Å². The molecule has 3 heteroatoms. The van der Waals surface area contributed by atoms with E-state index in [-0.39, 0.29) is 0 Å². The smallest absolute Gasteiger partial charge is 0.223 e. The molecule has 0 aliphatic carbocycles. The molecule has 1 aromatic rings. The second-order valence-electron chi connectivity index (χ2n) is 1.79. The van der Waals surface area contributed by atoms with Gasteiger partial charge in [-0.15, -0.1) is 0 Å². The number of rotatable bonds is 2. The Morgan fingerprint density at radius 1 is 1.50 bits per heavy atom. The molecule has 1 heterocycles. The van der Waals surface area contributed by atoms with Gasteiger partial charge in [0.25, 0.3) is 0 Å². The van der Waals surface area contributed by atoms with Gasteiger partial charge in [-0.1, -0.05) is 15.9 Å². The van der Waals surface area contributed by atoms with Crippen molar-refractivity contribution in [2.45, 2.75) is 6.92 Å². The van der Waals surface area contributed by atoms with E-state index >= 15 is 0 Å². The van der Waals surface area contributed by atoms with Crippen LogP contribution in [0.25, 0.3) is 0 Å². The van der Waals surface area contributed by atoms with Crippen molar-refractivity contribution in [3.05, 3.63) is 29.0 Å². The summed E-state index contributed by atoms with van der Waals surface area (Å²) >= 11 is 3.33. The highest BCUT2D eigenvalue weighted by atomic mass is 79.9. The van der Waals surface area contributed by atoms with Crippen LogP contribution in [0.4, 0.5) is 0 Å². The molecule has 0 unspecified atom stereocenters. The van der Waals surface area contributed by atoms with Gasteiger partial charge in [0.15, 0.2) is 6.61 Å². The van der Waals surface area contributed by atoms with E-state index < -0.39 is 0 Å². The molecule has 0 spiro atoms. The van der Waals surface area contributed by atoms with Crippen LogP contribution in [0, 0.1) is 0 Å². The Morgan fingerprint density at radius 3 is 2.60 bits per heavy atom. The molecule has 0 saturated heterocycles. The van der Waals surface area contributed by atoms with Crippen LogP contribution in [-0.2, 0) is 0 Å². The molecule has 2 nitrogen and oxygen atoms in total. The average molecular weight is 203 g/mol. The van der Waals surface area contributed by atoms with Crippen molar-refractivity contribution in [2.75, 3.05) is 6.61 Å². The average Bonchev–Trinajstić information content (AvgIpc) is 1.95. The quantitative estimate of drug-likeness (QED) is 0.658. The first-order chi connectivity index (χ1) is 4.83. The Kier molecular flexibility index (Phi) is 2.68. The lowest BCUT2D eigenvalue weighted by Crippen LogP contribution is -2.41. The molecule has 0 fully saturated rings. The zero-order valence-corrected chi connectivity index (χ0v) is 7.34. The third kappa shape index (κ3) is 1.99. The van der Waals surface area contributed by atoms with Gasteiger partial charge in [-0.05, 0) is 6.92 Å². The highest BCUT2D eigenvalue weighted by molar-refractivity contribution is 9.10. The molecule has 0 aliphatic heterocycles. The second-order valence-corrected chi connectivity index (χ2v) is 2.71. The van der Waals surface area contributed by atoms with Crippen LogP contribution in [0.15, 0.2) is 29.0 Å².